The van der Waals surface area contributed by atoms with Crippen molar-refractivity contribution in [3.8, 4) is 0 Å². The van der Waals surface area contributed by atoms with Crippen LogP contribution in [0.4, 0.5) is 22.7 Å². The summed E-state index contributed by atoms with van der Waals surface area (Å²) in [5.41, 5.74) is 5.60. The van der Waals surface area contributed by atoms with Crippen LogP contribution < -0.4 is 20.4 Å². The monoisotopic (exact) mass is 666 g/mol. The molecule has 2 N–H and O–H groups in total. The van der Waals surface area contributed by atoms with Crippen molar-refractivity contribution in [2.75, 3.05) is 33.5 Å². The highest BCUT2D eigenvalue weighted by atomic mass is 35.5. The number of anilines is 4. The first-order valence-corrected chi connectivity index (χ1v) is 16.2. The van der Waals surface area contributed by atoms with Crippen LogP contribution in [0.5, 0.6) is 0 Å². The molecule has 4 aromatic rings. The molecule has 2 aromatic carbocycles. The molecule has 0 aliphatic carbocycles. The van der Waals surface area contributed by atoms with E-state index in [0.717, 1.165) is 28.2 Å². The number of benzene rings is 2. The number of halogens is 1. The number of carbonyl (C=O) groups excluding carboxylic acids is 4. The number of nitrogens with zero attached hydrogens (tertiary/aromatic N) is 4. The predicted octanol–water partition coefficient (Wildman–Crippen LogP) is 6.92. The van der Waals surface area contributed by atoms with Crippen molar-refractivity contribution in [1.29, 1.82) is 0 Å². The lowest BCUT2D eigenvalue weighted by atomic mass is 9.86. The fourth-order valence-corrected chi connectivity index (χ4v) is 6.33. The van der Waals surface area contributed by atoms with Crippen molar-refractivity contribution >= 4 is 58.0 Å². The lowest BCUT2D eigenvalue weighted by Gasteiger charge is -2.18. The zero-order valence-electron chi connectivity index (χ0n) is 28.1. The van der Waals surface area contributed by atoms with Crippen LogP contribution >= 0.6 is 11.6 Å². The average Bonchev–Trinajstić information content (AvgIpc) is 3.37. The summed E-state index contributed by atoms with van der Waals surface area (Å²) in [6, 6.07) is 16.2. The molecule has 0 spiro atoms. The van der Waals surface area contributed by atoms with Crippen molar-refractivity contribution < 1.29 is 19.2 Å². The van der Waals surface area contributed by atoms with E-state index in [9.17, 15) is 19.2 Å². The van der Waals surface area contributed by atoms with Gasteiger partial charge in [0.2, 0.25) is 11.8 Å². The number of carbonyl (C=O) groups is 4. The first-order chi connectivity index (χ1) is 22.7. The zero-order valence-corrected chi connectivity index (χ0v) is 28.9. The summed E-state index contributed by atoms with van der Waals surface area (Å²) in [5.74, 6) is -0.338. The van der Waals surface area contributed by atoms with E-state index in [1.54, 1.807) is 40.3 Å². The Morgan fingerprint density at radius 2 is 1.27 bits per heavy atom. The third-order valence-electron chi connectivity index (χ3n) is 8.81. The number of aromatic nitrogens is 2. The summed E-state index contributed by atoms with van der Waals surface area (Å²) >= 11 is 6.01. The van der Waals surface area contributed by atoms with Crippen LogP contribution in [0.3, 0.4) is 0 Å². The molecule has 0 fully saturated rings. The minimum Gasteiger partial charge on any atom is -0.322 e. The molecule has 11 heteroatoms. The highest BCUT2D eigenvalue weighted by Crippen LogP contribution is 2.44. The van der Waals surface area contributed by atoms with Gasteiger partial charge in [0.1, 0.15) is 0 Å². The molecule has 2 aliphatic heterocycles. The quantitative estimate of drug-likeness (QED) is 0.230. The maximum absolute atomic E-state index is 12.5. The Morgan fingerprint density at radius 1 is 0.750 bits per heavy atom. The minimum absolute atomic E-state index is 0.0701. The van der Waals surface area contributed by atoms with E-state index in [1.807, 2.05) is 78.8 Å². The van der Waals surface area contributed by atoms with Crippen molar-refractivity contribution in [2.45, 2.75) is 59.3 Å². The van der Waals surface area contributed by atoms with Crippen LogP contribution in [-0.2, 0) is 20.4 Å². The van der Waals surface area contributed by atoms with Gasteiger partial charge in [0, 0.05) is 65.7 Å². The van der Waals surface area contributed by atoms with Crippen LogP contribution in [0.25, 0.3) is 0 Å². The molecule has 0 saturated carbocycles. The lowest BCUT2D eigenvalue weighted by molar-refractivity contribution is -0.122. The van der Waals surface area contributed by atoms with E-state index in [2.05, 4.69) is 20.6 Å². The molecular weight excluding hydrogens is 628 g/mol. The second kappa shape index (κ2) is 13.2. The molecule has 10 nitrogen and oxygen atoms in total. The summed E-state index contributed by atoms with van der Waals surface area (Å²) < 4.78 is 0. The second-order valence-corrected chi connectivity index (χ2v) is 13.2. The van der Waals surface area contributed by atoms with E-state index in [-0.39, 0.29) is 23.6 Å². The van der Waals surface area contributed by atoms with Gasteiger partial charge < -0.3 is 20.4 Å². The van der Waals surface area contributed by atoms with E-state index in [4.69, 9.17) is 11.6 Å². The van der Waals surface area contributed by atoms with Crippen LogP contribution in [0.15, 0.2) is 73.2 Å². The fraction of sp³-hybridized carbons (Fsp3) is 0.297. The van der Waals surface area contributed by atoms with Gasteiger partial charge in [-0.2, -0.15) is 0 Å². The molecule has 0 unspecified atom stereocenters. The van der Waals surface area contributed by atoms with Gasteiger partial charge in [0.15, 0.2) is 0 Å². The molecule has 4 amide bonds. The number of pyridine rings is 2. The maximum Gasteiger partial charge on any atom is 0.257 e. The first-order valence-electron chi connectivity index (χ1n) is 15.8. The van der Waals surface area contributed by atoms with E-state index < -0.39 is 10.8 Å². The van der Waals surface area contributed by atoms with E-state index in [1.165, 1.54) is 12.4 Å². The zero-order chi connectivity index (χ0) is 35.0. The van der Waals surface area contributed by atoms with Gasteiger partial charge in [-0.1, -0.05) is 23.7 Å². The molecular formula is C37H39ClN6O4. The largest absolute Gasteiger partial charge is 0.322 e. The van der Waals surface area contributed by atoms with Gasteiger partial charge in [-0.15, -0.1) is 0 Å². The second-order valence-electron chi connectivity index (χ2n) is 12.8. The standard InChI is InChI=1S/C19H21N3O2.C18H18ClN3O2/c1-5-22-16-11-14(6-7-15(16)19(3,4)18(22)24)21-17(23)13-8-9-20-12(2)10-13;1-4-22-15-9-11(5-6-13(15)18(2,3)17(22)24)21-16(23)12-7-8-20-10-14(12)19/h6-11H,5H2,1-4H3,(H,21,23);5-10H,4H2,1-3H3,(H,21,23). The van der Waals surface area contributed by atoms with Crippen LogP contribution in [0, 0.1) is 6.92 Å². The smallest absolute Gasteiger partial charge is 0.257 e. The Bertz CT molecular complexity index is 1940. The Hall–Kier alpha value is -5.09. The summed E-state index contributed by atoms with van der Waals surface area (Å²) in [4.78, 5) is 61.3. The summed E-state index contributed by atoms with van der Waals surface area (Å²) in [7, 11) is 0. The molecule has 2 aliphatic rings. The Balaban J connectivity index is 0.000000188. The van der Waals surface area contributed by atoms with Crippen molar-refractivity contribution in [1.82, 2.24) is 9.97 Å². The van der Waals surface area contributed by atoms with Crippen LogP contribution in [-0.4, -0.2) is 46.7 Å². The van der Waals surface area contributed by atoms with Crippen molar-refractivity contribution in [2.24, 2.45) is 0 Å². The highest BCUT2D eigenvalue weighted by Gasteiger charge is 2.44. The summed E-state index contributed by atoms with van der Waals surface area (Å²) in [5, 5.41) is 6.02. The molecule has 248 valence electrons. The summed E-state index contributed by atoms with van der Waals surface area (Å²) in [6.45, 7) is 14.6. The van der Waals surface area contributed by atoms with Gasteiger partial charge in [0.25, 0.3) is 11.8 Å². The number of amides is 4. The lowest BCUT2D eigenvalue weighted by Crippen LogP contribution is -2.35. The maximum atomic E-state index is 12.5. The molecule has 4 heterocycles. The first kappa shape index (κ1) is 34.3. The molecule has 0 radical (unpaired) electrons. The number of hydrogen-bond acceptors (Lipinski definition) is 6. The Morgan fingerprint density at radius 3 is 1.75 bits per heavy atom. The SMILES string of the molecule is CCN1C(=O)C(C)(C)c2ccc(NC(=O)c3ccnc(C)c3)cc21.CCN1C(=O)C(C)(C)c2ccc(NC(=O)c3ccncc3Cl)cc21. The minimum atomic E-state index is -0.553. The number of hydrogen-bond donors (Lipinski definition) is 2. The van der Waals surface area contributed by atoms with Crippen LogP contribution in [0.1, 0.15) is 79.1 Å². The molecule has 6 rings (SSSR count). The third-order valence-corrected chi connectivity index (χ3v) is 9.11. The summed E-state index contributed by atoms with van der Waals surface area (Å²) in [6.07, 6.45) is 4.57. The van der Waals surface area contributed by atoms with Gasteiger partial charge in [-0.05, 0) is 102 Å². The van der Waals surface area contributed by atoms with Crippen molar-refractivity contribution in [3.05, 3.63) is 106 Å². The van der Waals surface area contributed by atoms with Gasteiger partial charge in [0.05, 0.1) is 21.4 Å². The number of nitrogens with one attached hydrogen (secondary N) is 2. The number of fused-ring (bicyclic) bond motifs is 2. The van der Waals surface area contributed by atoms with E-state index >= 15 is 0 Å². The molecule has 0 bridgehead atoms. The van der Waals surface area contributed by atoms with E-state index in [0.29, 0.717) is 40.6 Å². The molecule has 2 aromatic heterocycles. The number of likely N-dealkylation sites (N-methyl/N-ethyl adjacent to an activating group) is 2. The molecule has 0 saturated heterocycles. The average molecular weight is 667 g/mol. The fourth-order valence-electron chi connectivity index (χ4n) is 6.12. The number of aryl methyl sites for hydroxylation is 1. The molecule has 0 atom stereocenters. The Kier molecular flexibility index (Phi) is 9.42. The normalized spacial score (nSPS) is 15.3. The van der Waals surface area contributed by atoms with Gasteiger partial charge in [-0.25, -0.2) is 0 Å². The molecule has 48 heavy (non-hydrogen) atoms. The topological polar surface area (TPSA) is 125 Å². The van der Waals surface area contributed by atoms with Crippen LogP contribution in [0.2, 0.25) is 5.02 Å². The highest BCUT2D eigenvalue weighted by molar-refractivity contribution is 6.34. The predicted molar refractivity (Wildman–Crippen MR) is 189 cm³/mol. The Labute approximate surface area is 285 Å². The third kappa shape index (κ3) is 6.27. The van der Waals surface area contributed by atoms with Crippen molar-refractivity contribution in [3.63, 3.8) is 0 Å². The van der Waals surface area contributed by atoms with Gasteiger partial charge in [-0.3, -0.25) is 29.1 Å². The number of rotatable bonds is 6. The van der Waals surface area contributed by atoms with Gasteiger partial charge >= 0.3 is 0 Å².